The number of hydrogen-bond acceptors (Lipinski definition) is 3. The van der Waals surface area contributed by atoms with Crippen molar-refractivity contribution in [1.29, 1.82) is 0 Å². The van der Waals surface area contributed by atoms with Gasteiger partial charge in [0.1, 0.15) is 11.9 Å². The molecule has 23 heavy (non-hydrogen) atoms. The quantitative estimate of drug-likeness (QED) is 0.667. The van der Waals surface area contributed by atoms with Crippen LogP contribution in [0.25, 0.3) is 0 Å². The van der Waals surface area contributed by atoms with Crippen molar-refractivity contribution in [3.8, 4) is 0 Å². The molecule has 0 aliphatic rings. The zero-order chi connectivity index (χ0) is 17.4. The number of carbonyl (C=O) groups excluding carboxylic acids is 2. The molecule has 1 rings (SSSR count). The van der Waals surface area contributed by atoms with Crippen molar-refractivity contribution >= 4 is 17.8 Å². The molecule has 0 aromatic heterocycles. The SMILES string of the molecule is CC(C)C[C@H](NC(=O)CNC(=O)Cc1cccc(F)c1)C(=O)O. The number of benzene rings is 1. The molecule has 0 saturated heterocycles. The van der Waals surface area contributed by atoms with Gasteiger partial charge < -0.3 is 15.7 Å². The smallest absolute Gasteiger partial charge is 0.326 e. The molecule has 1 atom stereocenters. The zero-order valence-corrected chi connectivity index (χ0v) is 13.1. The first-order valence-corrected chi connectivity index (χ1v) is 7.31. The molecule has 1 aromatic carbocycles. The van der Waals surface area contributed by atoms with Crippen LogP contribution >= 0.6 is 0 Å². The van der Waals surface area contributed by atoms with Gasteiger partial charge in [0.05, 0.1) is 13.0 Å². The number of aliphatic carboxylic acids is 1. The first kappa shape index (κ1) is 18.6. The van der Waals surface area contributed by atoms with E-state index in [1.165, 1.54) is 18.2 Å². The summed E-state index contributed by atoms with van der Waals surface area (Å²) >= 11 is 0. The summed E-state index contributed by atoms with van der Waals surface area (Å²) in [5, 5.41) is 13.8. The molecule has 0 saturated carbocycles. The van der Waals surface area contributed by atoms with Gasteiger partial charge in [-0.15, -0.1) is 0 Å². The number of carbonyl (C=O) groups is 3. The number of amides is 2. The number of hydrogen-bond donors (Lipinski definition) is 3. The third-order valence-corrected chi connectivity index (χ3v) is 3.04. The average molecular weight is 324 g/mol. The Labute approximate surface area is 134 Å². The molecule has 0 aliphatic carbocycles. The van der Waals surface area contributed by atoms with Crippen molar-refractivity contribution in [3.63, 3.8) is 0 Å². The molecule has 0 unspecified atom stereocenters. The maximum absolute atomic E-state index is 13.0. The van der Waals surface area contributed by atoms with Crippen molar-refractivity contribution < 1.29 is 23.9 Å². The summed E-state index contributed by atoms with van der Waals surface area (Å²) in [6.45, 7) is 3.38. The second-order valence-electron chi connectivity index (χ2n) is 5.67. The van der Waals surface area contributed by atoms with Crippen LogP contribution in [0.1, 0.15) is 25.8 Å². The Bertz CT molecular complexity index is 575. The van der Waals surface area contributed by atoms with Crippen molar-refractivity contribution in [3.05, 3.63) is 35.6 Å². The summed E-state index contributed by atoms with van der Waals surface area (Å²) in [7, 11) is 0. The monoisotopic (exact) mass is 324 g/mol. The van der Waals surface area contributed by atoms with E-state index in [0.29, 0.717) is 12.0 Å². The molecule has 0 heterocycles. The first-order valence-electron chi connectivity index (χ1n) is 7.31. The predicted molar refractivity (Wildman–Crippen MR) is 82.1 cm³/mol. The van der Waals surface area contributed by atoms with Crippen LogP contribution < -0.4 is 10.6 Å². The average Bonchev–Trinajstić information content (AvgIpc) is 2.44. The van der Waals surface area contributed by atoms with E-state index in [1.807, 2.05) is 13.8 Å². The molecule has 3 N–H and O–H groups in total. The molecule has 0 radical (unpaired) electrons. The minimum Gasteiger partial charge on any atom is -0.480 e. The fourth-order valence-corrected chi connectivity index (χ4v) is 2.01. The van der Waals surface area contributed by atoms with Crippen LogP contribution in [-0.4, -0.2) is 35.5 Å². The lowest BCUT2D eigenvalue weighted by atomic mass is 10.0. The van der Waals surface area contributed by atoms with E-state index < -0.39 is 29.6 Å². The van der Waals surface area contributed by atoms with Gasteiger partial charge in [0.15, 0.2) is 0 Å². The molecule has 0 spiro atoms. The van der Waals surface area contributed by atoms with Crippen LogP contribution in [0.3, 0.4) is 0 Å². The lowest BCUT2D eigenvalue weighted by Gasteiger charge is -2.16. The summed E-state index contributed by atoms with van der Waals surface area (Å²) in [6.07, 6.45) is 0.248. The highest BCUT2D eigenvalue weighted by atomic mass is 19.1. The van der Waals surface area contributed by atoms with Crippen LogP contribution in [0, 0.1) is 11.7 Å². The molecule has 0 aliphatic heterocycles. The third-order valence-electron chi connectivity index (χ3n) is 3.04. The second kappa shape index (κ2) is 8.87. The Balaban J connectivity index is 2.42. The summed E-state index contributed by atoms with van der Waals surface area (Å²) in [5.74, 6) is -2.46. The van der Waals surface area contributed by atoms with Gasteiger partial charge >= 0.3 is 5.97 Å². The van der Waals surface area contributed by atoms with Crippen molar-refractivity contribution in [2.75, 3.05) is 6.54 Å². The standard InChI is InChI=1S/C16H21FN2O4/c1-10(2)6-13(16(22)23)19-15(21)9-18-14(20)8-11-4-3-5-12(17)7-11/h3-5,7,10,13H,6,8-9H2,1-2H3,(H,18,20)(H,19,21)(H,22,23)/t13-/m0/s1. The lowest BCUT2D eigenvalue weighted by molar-refractivity contribution is -0.142. The van der Waals surface area contributed by atoms with Crippen molar-refractivity contribution in [1.82, 2.24) is 10.6 Å². The Morgan fingerprint density at radius 3 is 2.48 bits per heavy atom. The van der Waals surface area contributed by atoms with Gasteiger partial charge in [0, 0.05) is 0 Å². The number of carboxylic acids is 1. The molecule has 6 nitrogen and oxygen atoms in total. The summed E-state index contributed by atoms with van der Waals surface area (Å²) in [4.78, 5) is 34.4. The van der Waals surface area contributed by atoms with Crippen LogP contribution in [0.5, 0.6) is 0 Å². The summed E-state index contributed by atoms with van der Waals surface area (Å²) in [5.41, 5.74) is 0.492. The van der Waals surface area contributed by atoms with E-state index in [0.717, 1.165) is 0 Å². The minimum absolute atomic E-state index is 0.0562. The highest BCUT2D eigenvalue weighted by molar-refractivity contribution is 5.88. The van der Waals surface area contributed by atoms with Gasteiger partial charge in [-0.25, -0.2) is 9.18 Å². The van der Waals surface area contributed by atoms with Gasteiger partial charge in [0.2, 0.25) is 11.8 Å². The molecule has 126 valence electrons. The molecule has 0 bridgehead atoms. The molecule has 0 fully saturated rings. The zero-order valence-electron chi connectivity index (χ0n) is 13.1. The van der Waals surface area contributed by atoms with Gasteiger partial charge in [-0.2, -0.15) is 0 Å². The van der Waals surface area contributed by atoms with Crippen molar-refractivity contribution in [2.24, 2.45) is 5.92 Å². The van der Waals surface area contributed by atoms with E-state index >= 15 is 0 Å². The first-order chi connectivity index (χ1) is 10.8. The summed E-state index contributed by atoms with van der Waals surface area (Å²) in [6, 6.07) is 4.63. The normalized spacial score (nSPS) is 11.8. The lowest BCUT2D eigenvalue weighted by Crippen LogP contribution is -2.46. The van der Waals surface area contributed by atoms with Crippen LogP contribution in [0.2, 0.25) is 0 Å². The van der Waals surface area contributed by atoms with Gasteiger partial charge in [0.25, 0.3) is 0 Å². The van der Waals surface area contributed by atoms with Gasteiger partial charge in [-0.05, 0) is 30.0 Å². The molecule has 7 heteroatoms. The second-order valence-corrected chi connectivity index (χ2v) is 5.67. The summed E-state index contributed by atoms with van der Waals surface area (Å²) < 4.78 is 13.0. The number of nitrogens with one attached hydrogen (secondary N) is 2. The Hall–Kier alpha value is -2.44. The Kier molecular flexibility index (Phi) is 7.18. The van der Waals surface area contributed by atoms with E-state index in [9.17, 15) is 18.8 Å². The van der Waals surface area contributed by atoms with E-state index in [-0.39, 0.29) is 18.9 Å². The van der Waals surface area contributed by atoms with E-state index in [1.54, 1.807) is 6.07 Å². The third kappa shape index (κ3) is 7.39. The fraction of sp³-hybridized carbons (Fsp3) is 0.438. The van der Waals surface area contributed by atoms with Crippen molar-refractivity contribution in [2.45, 2.75) is 32.7 Å². The Morgan fingerprint density at radius 1 is 1.22 bits per heavy atom. The Morgan fingerprint density at radius 2 is 1.91 bits per heavy atom. The molecular formula is C16H21FN2O4. The maximum Gasteiger partial charge on any atom is 0.326 e. The predicted octanol–water partition coefficient (Wildman–Crippen LogP) is 1.10. The number of carboxylic acid groups (broad SMARTS) is 1. The highest BCUT2D eigenvalue weighted by Crippen LogP contribution is 2.05. The van der Waals surface area contributed by atoms with Crippen LogP contribution in [-0.2, 0) is 20.8 Å². The molecular weight excluding hydrogens is 303 g/mol. The van der Waals surface area contributed by atoms with Gasteiger partial charge in [-0.3, -0.25) is 9.59 Å². The fourth-order valence-electron chi connectivity index (χ4n) is 2.01. The number of rotatable bonds is 8. The van der Waals surface area contributed by atoms with Crippen LogP contribution in [0.15, 0.2) is 24.3 Å². The van der Waals surface area contributed by atoms with Gasteiger partial charge in [-0.1, -0.05) is 26.0 Å². The minimum atomic E-state index is -1.11. The van der Waals surface area contributed by atoms with Crippen LogP contribution in [0.4, 0.5) is 4.39 Å². The molecule has 1 aromatic rings. The van der Waals surface area contributed by atoms with E-state index in [2.05, 4.69) is 10.6 Å². The largest absolute Gasteiger partial charge is 0.480 e. The highest BCUT2D eigenvalue weighted by Gasteiger charge is 2.21. The van der Waals surface area contributed by atoms with E-state index in [4.69, 9.17) is 5.11 Å². The molecule has 2 amide bonds. The maximum atomic E-state index is 13.0. The number of halogens is 1. The topological polar surface area (TPSA) is 95.5 Å².